The van der Waals surface area contributed by atoms with Crippen molar-refractivity contribution in [2.45, 2.75) is 17.3 Å². The lowest BCUT2D eigenvalue weighted by atomic mass is 10.3. The Hall–Kier alpha value is -1.31. The molecule has 1 amide bonds. The molecule has 1 unspecified atom stereocenters. The molecule has 0 aliphatic carbocycles. The van der Waals surface area contributed by atoms with E-state index in [9.17, 15) is 4.79 Å². The molecule has 1 atom stereocenters. The predicted octanol–water partition coefficient (Wildman–Crippen LogP) is 2.64. The number of hydrogen-bond acceptors (Lipinski definition) is 5. The summed E-state index contributed by atoms with van der Waals surface area (Å²) in [7, 11) is 1.71. The Bertz CT molecular complexity index is 633. The van der Waals surface area contributed by atoms with Gasteiger partial charge in [0.25, 0.3) is 0 Å². The Morgan fingerprint density at radius 2 is 2.20 bits per heavy atom. The SMILES string of the molecule is CC(Sc1nnnn1C)C(=O)Nc1ccc(Cl)cc1Cl. The van der Waals surface area contributed by atoms with Crippen molar-refractivity contribution < 1.29 is 4.79 Å². The Kier molecular flexibility index (Phi) is 4.85. The smallest absolute Gasteiger partial charge is 0.237 e. The second kappa shape index (κ2) is 6.43. The van der Waals surface area contributed by atoms with E-state index in [1.807, 2.05) is 0 Å². The van der Waals surface area contributed by atoms with Crippen molar-refractivity contribution in [3.8, 4) is 0 Å². The van der Waals surface area contributed by atoms with E-state index in [1.54, 1.807) is 32.2 Å². The molecule has 0 spiro atoms. The maximum Gasteiger partial charge on any atom is 0.237 e. The fourth-order valence-corrected chi connectivity index (χ4v) is 2.57. The van der Waals surface area contributed by atoms with E-state index < -0.39 is 0 Å². The Balaban J connectivity index is 2.02. The number of aryl methyl sites for hydroxylation is 1. The lowest BCUT2D eigenvalue weighted by molar-refractivity contribution is -0.115. The molecule has 0 radical (unpaired) electrons. The fraction of sp³-hybridized carbons (Fsp3) is 0.273. The molecule has 0 saturated heterocycles. The first-order valence-electron chi connectivity index (χ1n) is 5.62. The lowest BCUT2D eigenvalue weighted by Crippen LogP contribution is -2.23. The number of anilines is 1. The molecule has 0 aliphatic rings. The molecule has 1 N–H and O–H groups in total. The lowest BCUT2D eigenvalue weighted by Gasteiger charge is -2.12. The summed E-state index contributed by atoms with van der Waals surface area (Å²) in [5, 5.41) is 14.9. The molecule has 1 aromatic carbocycles. The molecule has 2 rings (SSSR count). The normalized spacial score (nSPS) is 12.2. The number of nitrogens with zero attached hydrogens (tertiary/aromatic N) is 4. The van der Waals surface area contributed by atoms with Gasteiger partial charge in [-0.1, -0.05) is 35.0 Å². The van der Waals surface area contributed by atoms with Crippen LogP contribution in [0.3, 0.4) is 0 Å². The molecule has 20 heavy (non-hydrogen) atoms. The van der Waals surface area contributed by atoms with Gasteiger partial charge in [0.2, 0.25) is 11.1 Å². The molecular weight excluding hydrogens is 321 g/mol. The number of tetrazole rings is 1. The highest BCUT2D eigenvalue weighted by molar-refractivity contribution is 8.00. The van der Waals surface area contributed by atoms with Gasteiger partial charge in [-0.05, 0) is 35.5 Å². The average Bonchev–Trinajstić information content (AvgIpc) is 2.78. The Labute approximate surface area is 129 Å². The van der Waals surface area contributed by atoms with E-state index >= 15 is 0 Å². The monoisotopic (exact) mass is 331 g/mol. The minimum Gasteiger partial charge on any atom is -0.324 e. The first-order valence-corrected chi connectivity index (χ1v) is 7.26. The highest BCUT2D eigenvalue weighted by Crippen LogP contribution is 2.27. The number of aromatic nitrogens is 4. The molecule has 106 valence electrons. The van der Waals surface area contributed by atoms with Crippen molar-refractivity contribution in [1.82, 2.24) is 20.2 Å². The molecule has 2 aromatic rings. The third kappa shape index (κ3) is 3.62. The van der Waals surface area contributed by atoms with Crippen LogP contribution in [0.5, 0.6) is 0 Å². The quantitative estimate of drug-likeness (QED) is 0.872. The van der Waals surface area contributed by atoms with Crippen LogP contribution < -0.4 is 5.32 Å². The van der Waals surface area contributed by atoms with Crippen LogP contribution in [0.25, 0.3) is 0 Å². The van der Waals surface area contributed by atoms with Gasteiger partial charge in [0.1, 0.15) is 0 Å². The standard InChI is InChI=1S/C11H11Cl2N5OS/c1-6(20-11-15-16-17-18(11)2)10(19)14-9-4-3-7(12)5-8(9)13/h3-6H,1-2H3,(H,14,19). The zero-order chi connectivity index (χ0) is 14.7. The van der Waals surface area contributed by atoms with Gasteiger partial charge >= 0.3 is 0 Å². The summed E-state index contributed by atoms with van der Waals surface area (Å²) >= 11 is 13.1. The van der Waals surface area contributed by atoms with E-state index in [0.29, 0.717) is 20.9 Å². The van der Waals surface area contributed by atoms with Crippen molar-refractivity contribution in [3.63, 3.8) is 0 Å². The van der Waals surface area contributed by atoms with Gasteiger partial charge in [-0.15, -0.1) is 5.10 Å². The summed E-state index contributed by atoms with van der Waals surface area (Å²) in [6.07, 6.45) is 0. The summed E-state index contributed by atoms with van der Waals surface area (Å²) in [5.41, 5.74) is 0.518. The van der Waals surface area contributed by atoms with Crippen LogP contribution in [0.1, 0.15) is 6.92 Å². The third-order valence-electron chi connectivity index (χ3n) is 2.42. The third-order valence-corrected chi connectivity index (χ3v) is 4.09. The molecule has 1 heterocycles. The van der Waals surface area contributed by atoms with Crippen LogP contribution in [0.2, 0.25) is 10.0 Å². The largest absolute Gasteiger partial charge is 0.324 e. The van der Waals surface area contributed by atoms with Crippen LogP contribution in [0.4, 0.5) is 5.69 Å². The number of hydrogen-bond donors (Lipinski definition) is 1. The maximum atomic E-state index is 12.1. The zero-order valence-electron chi connectivity index (χ0n) is 10.7. The number of halogens is 2. The van der Waals surface area contributed by atoms with Gasteiger partial charge in [0.05, 0.1) is 16.0 Å². The molecule has 0 aliphatic heterocycles. The van der Waals surface area contributed by atoms with Gasteiger partial charge in [0.15, 0.2) is 0 Å². The van der Waals surface area contributed by atoms with Crippen molar-refractivity contribution in [2.75, 3.05) is 5.32 Å². The van der Waals surface area contributed by atoms with Crippen molar-refractivity contribution >= 4 is 46.6 Å². The van der Waals surface area contributed by atoms with Gasteiger partial charge in [-0.25, -0.2) is 4.68 Å². The van der Waals surface area contributed by atoms with E-state index in [2.05, 4.69) is 20.8 Å². The number of benzene rings is 1. The van der Waals surface area contributed by atoms with Gasteiger partial charge < -0.3 is 5.32 Å². The van der Waals surface area contributed by atoms with E-state index in [4.69, 9.17) is 23.2 Å². The van der Waals surface area contributed by atoms with Crippen LogP contribution >= 0.6 is 35.0 Å². The van der Waals surface area contributed by atoms with E-state index in [0.717, 1.165) is 0 Å². The second-order valence-electron chi connectivity index (χ2n) is 3.96. The topological polar surface area (TPSA) is 72.7 Å². The van der Waals surface area contributed by atoms with Crippen molar-refractivity contribution in [3.05, 3.63) is 28.2 Å². The summed E-state index contributed by atoms with van der Waals surface area (Å²) in [6.45, 7) is 1.76. The summed E-state index contributed by atoms with van der Waals surface area (Å²) < 4.78 is 1.50. The second-order valence-corrected chi connectivity index (χ2v) is 6.11. The van der Waals surface area contributed by atoms with Crippen molar-refractivity contribution in [1.29, 1.82) is 0 Å². The first-order chi connectivity index (χ1) is 9.47. The summed E-state index contributed by atoms with van der Waals surface area (Å²) in [4.78, 5) is 12.1. The maximum absolute atomic E-state index is 12.1. The minimum atomic E-state index is -0.369. The van der Waals surface area contributed by atoms with Crippen LogP contribution in [-0.4, -0.2) is 31.4 Å². The van der Waals surface area contributed by atoms with Crippen LogP contribution in [-0.2, 0) is 11.8 Å². The molecule has 0 fully saturated rings. The molecule has 1 aromatic heterocycles. The summed E-state index contributed by atoms with van der Waals surface area (Å²) in [6, 6.07) is 4.89. The van der Waals surface area contributed by atoms with Gasteiger partial charge in [-0.2, -0.15) is 0 Å². The fourth-order valence-electron chi connectivity index (χ4n) is 1.36. The first kappa shape index (κ1) is 15.1. The highest BCUT2D eigenvalue weighted by Gasteiger charge is 2.18. The highest BCUT2D eigenvalue weighted by atomic mass is 35.5. The van der Waals surface area contributed by atoms with Gasteiger partial charge in [-0.3, -0.25) is 4.79 Å². The zero-order valence-corrected chi connectivity index (χ0v) is 13.0. The van der Waals surface area contributed by atoms with Crippen LogP contribution in [0, 0.1) is 0 Å². The molecule has 6 nitrogen and oxygen atoms in total. The molecule has 0 saturated carbocycles. The number of carbonyl (C=O) groups excluding carboxylic acids is 1. The number of thioether (sulfide) groups is 1. The number of nitrogens with one attached hydrogen (secondary N) is 1. The molecular formula is C11H11Cl2N5OS. The summed E-state index contributed by atoms with van der Waals surface area (Å²) in [5.74, 6) is -0.192. The van der Waals surface area contributed by atoms with Crippen LogP contribution in [0.15, 0.2) is 23.4 Å². The Morgan fingerprint density at radius 3 is 2.80 bits per heavy atom. The van der Waals surface area contributed by atoms with Gasteiger partial charge in [0, 0.05) is 12.1 Å². The predicted molar refractivity (Wildman–Crippen MR) is 79.2 cm³/mol. The molecule has 9 heteroatoms. The number of rotatable bonds is 4. The number of amides is 1. The minimum absolute atomic E-state index is 0.192. The Morgan fingerprint density at radius 1 is 1.45 bits per heavy atom. The number of carbonyl (C=O) groups is 1. The van der Waals surface area contributed by atoms with E-state index in [-0.39, 0.29) is 11.2 Å². The van der Waals surface area contributed by atoms with E-state index in [1.165, 1.54) is 16.4 Å². The van der Waals surface area contributed by atoms with Crippen molar-refractivity contribution in [2.24, 2.45) is 7.05 Å². The molecule has 0 bridgehead atoms. The average molecular weight is 332 g/mol.